The summed E-state index contributed by atoms with van der Waals surface area (Å²) >= 11 is 0. The van der Waals surface area contributed by atoms with Gasteiger partial charge < -0.3 is 20.5 Å². The van der Waals surface area contributed by atoms with Gasteiger partial charge in [-0.2, -0.15) is 0 Å². The van der Waals surface area contributed by atoms with Gasteiger partial charge in [0.2, 0.25) is 6.79 Å². The molecule has 0 radical (unpaired) electrons. The Hall–Kier alpha value is -1.26. The average molecular weight is 236 g/mol. The van der Waals surface area contributed by atoms with Crippen LogP contribution in [0, 0.1) is 0 Å². The van der Waals surface area contributed by atoms with Gasteiger partial charge in [0.05, 0.1) is 0 Å². The topological polar surface area (TPSA) is 56.5 Å². The Bertz CT molecular complexity index is 368. The number of nitrogens with two attached hydrogens (primary N) is 1. The lowest BCUT2D eigenvalue weighted by atomic mass is 10.1. The summed E-state index contributed by atoms with van der Waals surface area (Å²) in [5.74, 6) is 1.72. The summed E-state index contributed by atoms with van der Waals surface area (Å²) in [6, 6.07) is 6.64. The first-order valence-electron chi connectivity index (χ1n) is 6.11. The minimum absolute atomic E-state index is 0.341. The molecule has 0 aromatic heterocycles. The maximum absolute atomic E-state index is 5.45. The smallest absolute Gasteiger partial charge is 0.231 e. The van der Waals surface area contributed by atoms with Gasteiger partial charge in [0.1, 0.15) is 0 Å². The molecule has 1 unspecified atom stereocenters. The SMILES string of the molecule is CC(CCc1ccc2c(c1)OCO2)NCCN. The van der Waals surface area contributed by atoms with Crippen molar-refractivity contribution in [2.45, 2.75) is 25.8 Å². The molecule has 4 heteroatoms. The van der Waals surface area contributed by atoms with Gasteiger partial charge in [-0.05, 0) is 37.5 Å². The molecule has 0 fully saturated rings. The van der Waals surface area contributed by atoms with Crippen LogP contribution in [0.5, 0.6) is 11.5 Å². The number of rotatable bonds is 6. The van der Waals surface area contributed by atoms with Crippen LogP contribution >= 0.6 is 0 Å². The van der Waals surface area contributed by atoms with Gasteiger partial charge >= 0.3 is 0 Å². The van der Waals surface area contributed by atoms with Crippen LogP contribution in [0.25, 0.3) is 0 Å². The zero-order chi connectivity index (χ0) is 12.1. The van der Waals surface area contributed by atoms with Crippen LogP contribution in [-0.2, 0) is 6.42 Å². The van der Waals surface area contributed by atoms with E-state index in [0.29, 0.717) is 19.4 Å². The van der Waals surface area contributed by atoms with Gasteiger partial charge in [-0.15, -0.1) is 0 Å². The first-order valence-corrected chi connectivity index (χ1v) is 6.11. The fourth-order valence-electron chi connectivity index (χ4n) is 1.91. The molecule has 1 aromatic rings. The van der Waals surface area contributed by atoms with Crippen molar-refractivity contribution >= 4 is 0 Å². The number of aryl methyl sites for hydroxylation is 1. The fourth-order valence-corrected chi connectivity index (χ4v) is 1.91. The highest BCUT2D eigenvalue weighted by Crippen LogP contribution is 2.32. The molecule has 0 aliphatic carbocycles. The van der Waals surface area contributed by atoms with Crippen LogP contribution in [0.15, 0.2) is 18.2 Å². The third kappa shape index (κ3) is 3.35. The van der Waals surface area contributed by atoms with Crippen LogP contribution in [0.4, 0.5) is 0 Å². The van der Waals surface area contributed by atoms with Gasteiger partial charge in [0.15, 0.2) is 11.5 Å². The van der Waals surface area contributed by atoms with E-state index in [4.69, 9.17) is 15.2 Å². The van der Waals surface area contributed by atoms with Gasteiger partial charge in [-0.25, -0.2) is 0 Å². The first-order chi connectivity index (χ1) is 8.29. The molecule has 1 aliphatic rings. The van der Waals surface area contributed by atoms with Gasteiger partial charge in [0, 0.05) is 19.1 Å². The average Bonchev–Trinajstić information content (AvgIpc) is 2.81. The van der Waals surface area contributed by atoms with Crippen LogP contribution in [-0.4, -0.2) is 25.9 Å². The lowest BCUT2D eigenvalue weighted by Crippen LogP contribution is -2.31. The summed E-state index contributed by atoms with van der Waals surface area (Å²) in [6.45, 7) is 4.09. The van der Waals surface area contributed by atoms with Crippen molar-refractivity contribution in [3.63, 3.8) is 0 Å². The molecule has 94 valence electrons. The van der Waals surface area contributed by atoms with E-state index in [-0.39, 0.29) is 0 Å². The van der Waals surface area contributed by atoms with Crippen LogP contribution in [0.1, 0.15) is 18.9 Å². The highest BCUT2D eigenvalue weighted by Gasteiger charge is 2.13. The molecule has 1 atom stereocenters. The molecule has 0 spiro atoms. The highest BCUT2D eigenvalue weighted by molar-refractivity contribution is 5.44. The Morgan fingerprint density at radius 3 is 3.00 bits per heavy atom. The lowest BCUT2D eigenvalue weighted by molar-refractivity contribution is 0.174. The number of nitrogens with one attached hydrogen (secondary N) is 1. The molecule has 4 nitrogen and oxygen atoms in total. The van der Waals surface area contributed by atoms with Crippen molar-refractivity contribution in [3.05, 3.63) is 23.8 Å². The molecule has 3 N–H and O–H groups in total. The molecule has 0 bridgehead atoms. The normalized spacial score (nSPS) is 14.9. The molecule has 1 aromatic carbocycles. The molecule has 0 saturated carbocycles. The van der Waals surface area contributed by atoms with Gasteiger partial charge in [-0.3, -0.25) is 0 Å². The molecule has 1 heterocycles. The van der Waals surface area contributed by atoms with E-state index in [1.165, 1.54) is 5.56 Å². The maximum atomic E-state index is 5.45. The number of hydrogen-bond donors (Lipinski definition) is 2. The molecule has 17 heavy (non-hydrogen) atoms. The standard InChI is InChI=1S/C13H20N2O2/c1-10(15-7-6-14)2-3-11-4-5-12-13(8-11)17-9-16-12/h4-5,8,10,15H,2-3,6-7,9,14H2,1H3. The van der Waals surface area contributed by atoms with Crippen molar-refractivity contribution in [2.24, 2.45) is 5.73 Å². The van der Waals surface area contributed by atoms with Crippen LogP contribution in [0.2, 0.25) is 0 Å². The molecular formula is C13H20N2O2. The van der Waals surface area contributed by atoms with Crippen molar-refractivity contribution in [1.82, 2.24) is 5.32 Å². The summed E-state index contributed by atoms with van der Waals surface area (Å²) in [7, 11) is 0. The Morgan fingerprint density at radius 1 is 1.35 bits per heavy atom. The number of hydrogen-bond acceptors (Lipinski definition) is 4. The van der Waals surface area contributed by atoms with Crippen LogP contribution < -0.4 is 20.5 Å². The monoisotopic (exact) mass is 236 g/mol. The molecule has 0 amide bonds. The maximum Gasteiger partial charge on any atom is 0.231 e. The van der Waals surface area contributed by atoms with Crippen molar-refractivity contribution in [1.29, 1.82) is 0 Å². The summed E-state index contributed by atoms with van der Waals surface area (Å²) in [5.41, 5.74) is 6.74. The first kappa shape index (κ1) is 12.2. The quantitative estimate of drug-likeness (QED) is 0.781. The predicted molar refractivity (Wildman–Crippen MR) is 67.4 cm³/mol. The fraction of sp³-hybridized carbons (Fsp3) is 0.538. The van der Waals surface area contributed by atoms with Gasteiger partial charge in [0.25, 0.3) is 0 Å². The Kier molecular flexibility index (Phi) is 4.23. The Balaban J connectivity index is 1.83. The Labute approximate surface area is 102 Å². The highest BCUT2D eigenvalue weighted by atomic mass is 16.7. The van der Waals surface area contributed by atoms with Crippen molar-refractivity contribution in [3.8, 4) is 11.5 Å². The molecule has 1 aliphatic heterocycles. The number of fused-ring (bicyclic) bond motifs is 1. The second-order valence-electron chi connectivity index (χ2n) is 4.37. The molecular weight excluding hydrogens is 216 g/mol. The largest absolute Gasteiger partial charge is 0.454 e. The summed E-state index contributed by atoms with van der Waals surface area (Å²) in [4.78, 5) is 0. The predicted octanol–water partition coefficient (Wildman–Crippen LogP) is 1.28. The zero-order valence-electron chi connectivity index (χ0n) is 10.2. The second kappa shape index (κ2) is 5.89. The van der Waals surface area contributed by atoms with E-state index in [0.717, 1.165) is 30.9 Å². The second-order valence-corrected chi connectivity index (χ2v) is 4.37. The van der Waals surface area contributed by atoms with E-state index >= 15 is 0 Å². The van der Waals surface area contributed by atoms with Crippen LogP contribution in [0.3, 0.4) is 0 Å². The summed E-state index contributed by atoms with van der Waals surface area (Å²) in [6.07, 6.45) is 2.13. The van der Waals surface area contributed by atoms with E-state index in [2.05, 4.69) is 24.4 Å². The summed E-state index contributed by atoms with van der Waals surface area (Å²) in [5, 5.41) is 3.37. The summed E-state index contributed by atoms with van der Waals surface area (Å²) < 4.78 is 10.6. The zero-order valence-corrected chi connectivity index (χ0v) is 10.2. The van der Waals surface area contributed by atoms with Gasteiger partial charge in [-0.1, -0.05) is 6.07 Å². The van der Waals surface area contributed by atoms with Crippen molar-refractivity contribution in [2.75, 3.05) is 19.9 Å². The third-order valence-corrected chi connectivity index (χ3v) is 2.94. The van der Waals surface area contributed by atoms with E-state index in [1.54, 1.807) is 0 Å². The van der Waals surface area contributed by atoms with E-state index < -0.39 is 0 Å². The minimum atomic E-state index is 0.341. The molecule has 0 saturated heterocycles. The molecule has 2 rings (SSSR count). The minimum Gasteiger partial charge on any atom is -0.454 e. The number of ether oxygens (including phenoxy) is 2. The third-order valence-electron chi connectivity index (χ3n) is 2.94. The number of benzene rings is 1. The van der Waals surface area contributed by atoms with E-state index in [1.807, 2.05) is 6.07 Å². The van der Waals surface area contributed by atoms with Crippen molar-refractivity contribution < 1.29 is 9.47 Å². The lowest BCUT2D eigenvalue weighted by Gasteiger charge is -2.12. The Morgan fingerprint density at radius 2 is 2.18 bits per heavy atom. The van der Waals surface area contributed by atoms with E-state index in [9.17, 15) is 0 Å².